The molecule has 1 aliphatic rings. The Morgan fingerprint density at radius 2 is 0.242 bits per heavy atom. The fourth-order valence-electron chi connectivity index (χ4n) is 10.4. The Morgan fingerprint density at radius 1 is 0.167 bits per heavy atom. The summed E-state index contributed by atoms with van der Waals surface area (Å²) in [6.07, 6.45) is 41.9. The molecule has 0 amide bonds. The summed E-state index contributed by atoms with van der Waals surface area (Å²) >= 11 is 11.9. The lowest BCUT2D eigenvalue weighted by molar-refractivity contribution is 1.05. The van der Waals surface area contributed by atoms with E-state index in [-0.39, 0.29) is 0 Å². The van der Waals surface area contributed by atoms with Crippen LogP contribution in [0.1, 0.15) is 208 Å². The average molecular weight is 986 g/mol. The summed E-state index contributed by atoms with van der Waals surface area (Å²) in [4.78, 5) is 17.0. The van der Waals surface area contributed by atoms with Crippen LogP contribution in [0.4, 0.5) is 0 Å². The maximum absolute atomic E-state index is 2.45. The maximum Gasteiger partial charge on any atom is 0.0311 e. The molecule has 6 heteroatoms. The SMILES string of the molecule is CCc1c2sc(c1CC)/C=C/c1sc(c(CC)c1CC)/C=C/c1sc(c(CC)c1CC)/C=C\c1sc(c(CC)c1CC)/C=C/c1sc(c(CC)c1CC)/C=C/c1sc(c(CC)c1CC)/C=C\2. The van der Waals surface area contributed by atoms with Crippen molar-refractivity contribution >= 4 is 141 Å². The minimum absolute atomic E-state index is 1.05. The summed E-state index contributed by atoms with van der Waals surface area (Å²) in [5, 5.41) is 0. The second-order valence-electron chi connectivity index (χ2n) is 17.0. The third kappa shape index (κ3) is 10.0. The van der Waals surface area contributed by atoms with Gasteiger partial charge in [-0.3, -0.25) is 0 Å². The molecular formula is C60H72S6. The van der Waals surface area contributed by atoms with E-state index in [1.165, 1.54) is 125 Å². The Kier molecular flexibility index (Phi) is 17.8. The highest BCUT2D eigenvalue weighted by atomic mass is 32.1. The Hall–Kier alpha value is -3.36. The van der Waals surface area contributed by atoms with E-state index < -0.39 is 0 Å². The molecule has 0 saturated heterocycles. The van der Waals surface area contributed by atoms with Gasteiger partial charge in [-0.1, -0.05) is 83.1 Å². The molecule has 348 valence electrons. The van der Waals surface area contributed by atoms with Crippen LogP contribution in [0.25, 0.3) is 72.9 Å². The van der Waals surface area contributed by atoms with Gasteiger partial charge >= 0.3 is 0 Å². The molecule has 1 aliphatic heterocycles. The van der Waals surface area contributed by atoms with Crippen molar-refractivity contribution in [3.8, 4) is 0 Å². The minimum Gasteiger partial charge on any atom is -0.136 e. The first kappa shape index (κ1) is 50.5. The van der Waals surface area contributed by atoms with Crippen LogP contribution < -0.4 is 0 Å². The Labute approximate surface area is 423 Å². The van der Waals surface area contributed by atoms with E-state index in [0.29, 0.717) is 0 Å². The van der Waals surface area contributed by atoms with Gasteiger partial charge in [0.2, 0.25) is 0 Å². The molecule has 0 nitrogen and oxygen atoms in total. The van der Waals surface area contributed by atoms with Crippen molar-refractivity contribution in [1.82, 2.24) is 0 Å². The Morgan fingerprint density at radius 3 is 0.303 bits per heavy atom. The Balaban J connectivity index is 1.43. The van der Waals surface area contributed by atoms with Gasteiger partial charge in [0, 0.05) is 58.5 Å². The van der Waals surface area contributed by atoms with Crippen LogP contribution in [0.15, 0.2) is 0 Å². The topological polar surface area (TPSA) is 0 Å². The fourth-order valence-corrected chi connectivity index (χ4v) is 18.2. The lowest BCUT2D eigenvalue weighted by Crippen LogP contribution is -1.90. The van der Waals surface area contributed by atoms with E-state index in [0.717, 1.165) is 77.0 Å². The molecule has 7 heterocycles. The molecule has 6 aromatic rings. The summed E-state index contributed by atoms with van der Waals surface area (Å²) in [6, 6.07) is 0. The maximum atomic E-state index is 2.45. The van der Waals surface area contributed by atoms with Gasteiger partial charge in [-0.2, -0.15) is 0 Å². The zero-order valence-corrected chi connectivity index (χ0v) is 46.8. The highest BCUT2D eigenvalue weighted by Gasteiger charge is 2.20. The van der Waals surface area contributed by atoms with Crippen LogP contribution in [0.5, 0.6) is 0 Å². The molecule has 6 aromatic heterocycles. The number of rotatable bonds is 12. The number of thiophene rings is 6. The standard InChI is InChI=1S/C60H72S6/c1-13-37-38(14-2)50-27-28-52-41(17-5)42(18-6)54(63-52)31-32-56-45(21-9)46(22-10)58(65-56)35-36-60-48(24-12)47(23-11)59(66-60)34-33-57-44(20-8)43(19-7)55(64-57)30-29-53-40(16-4)39(15-3)51(62-53)26-25-49(37)61-50/h25-36H,13-24H2,1-12H3/b26-25-,28-27+,30-29+,32-31+,34-33+,36-35-,49-25?,50-27?,51-26?,52-28?,53-29?,54-31?,55-30?,56-32?,57-33?,58-35?,59-34?,60-36?. The third-order valence-corrected chi connectivity index (χ3v) is 20.9. The number of hydrogen-bond acceptors (Lipinski definition) is 6. The normalized spacial score (nSPS) is 15.8. The second kappa shape index (κ2) is 23.3. The third-order valence-electron chi connectivity index (χ3n) is 13.6. The van der Waals surface area contributed by atoms with E-state index in [2.05, 4.69) is 156 Å². The summed E-state index contributed by atoms with van der Waals surface area (Å²) in [7, 11) is 0. The van der Waals surface area contributed by atoms with Crippen molar-refractivity contribution < 1.29 is 0 Å². The zero-order valence-electron chi connectivity index (χ0n) is 41.9. The highest BCUT2D eigenvalue weighted by Crippen LogP contribution is 2.42. The summed E-state index contributed by atoms with van der Waals surface area (Å²) in [5.41, 5.74) is 18.2. The molecule has 0 N–H and O–H groups in total. The molecule has 0 atom stereocenters. The van der Waals surface area contributed by atoms with Gasteiger partial charge in [-0.25, -0.2) is 0 Å². The van der Waals surface area contributed by atoms with Gasteiger partial charge in [-0.05, 0) is 217 Å². The van der Waals surface area contributed by atoms with E-state index in [9.17, 15) is 0 Å². The fraction of sp³-hybridized carbons (Fsp3) is 0.400. The first-order valence-corrected chi connectivity index (χ1v) is 30.0. The van der Waals surface area contributed by atoms with Gasteiger partial charge in [0.15, 0.2) is 0 Å². The van der Waals surface area contributed by atoms with Crippen LogP contribution in [-0.4, -0.2) is 0 Å². The number of fused-ring (bicyclic) bond motifs is 12. The van der Waals surface area contributed by atoms with Gasteiger partial charge in [0.1, 0.15) is 0 Å². The van der Waals surface area contributed by atoms with E-state index >= 15 is 0 Å². The molecule has 66 heavy (non-hydrogen) atoms. The van der Waals surface area contributed by atoms with Gasteiger partial charge in [0.25, 0.3) is 0 Å². The van der Waals surface area contributed by atoms with Crippen molar-refractivity contribution in [1.29, 1.82) is 0 Å². The smallest absolute Gasteiger partial charge is 0.0311 e. The van der Waals surface area contributed by atoms with Crippen molar-refractivity contribution in [3.63, 3.8) is 0 Å². The number of hydrogen-bond donors (Lipinski definition) is 0. The van der Waals surface area contributed by atoms with Gasteiger partial charge in [-0.15, -0.1) is 68.0 Å². The van der Waals surface area contributed by atoms with Crippen LogP contribution in [0, 0.1) is 0 Å². The average Bonchev–Trinajstić information content (AvgIpc) is 4.18. The van der Waals surface area contributed by atoms with Crippen molar-refractivity contribution in [2.75, 3.05) is 0 Å². The molecule has 0 saturated carbocycles. The van der Waals surface area contributed by atoms with Crippen molar-refractivity contribution in [2.24, 2.45) is 0 Å². The minimum atomic E-state index is 1.05. The van der Waals surface area contributed by atoms with Gasteiger partial charge in [0.05, 0.1) is 0 Å². The molecular weight excluding hydrogens is 913 g/mol. The van der Waals surface area contributed by atoms with E-state index in [1.807, 2.05) is 68.0 Å². The summed E-state index contributed by atoms with van der Waals surface area (Å²) < 4.78 is 0. The van der Waals surface area contributed by atoms with E-state index in [4.69, 9.17) is 0 Å². The molecule has 7 rings (SSSR count). The molecule has 0 aliphatic carbocycles. The molecule has 0 unspecified atom stereocenters. The van der Waals surface area contributed by atoms with Crippen LogP contribution in [0.3, 0.4) is 0 Å². The molecule has 0 fully saturated rings. The second-order valence-corrected chi connectivity index (χ2v) is 23.5. The monoisotopic (exact) mass is 984 g/mol. The van der Waals surface area contributed by atoms with Crippen LogP contribution in [-0.2, 0) is 77.0 Å². The highest BCUT2D eigenvalue weighted by molar-refractivity contribution is 7.17. The largest absolute Gasteiger partial charge is 0.136 e. The quantitative estimate of drug-likeness (QED) is 0.114. The lowest BCUT2D eigenvalue weighted by atomic mass is 10.0. The molecule has 12 bridgehead atoms. The first-order chi connectivity index (χ1) is 32.2. The van der Waals surface area contributed by atoms with Crippen molar-refractivity contribution in [2.45, 2.75) is 160 Å². The lowest BCUT2D eigenvalue weighted by Gasteiger charge is -2.03. The Bertz CT molecular complexity index is 2160. The van der Waals surface area contributed by atoms with Crippen LogP contribution >= 0.6 is 68.0 Å². The zero-order chi connectivity index (χ0) is 47.1. The van der Waals surface area contributed by atoms with Crippen LogP contribution in [0.2, 0.25) is 0 Å². The molecule has 0 aromatic carbocycles. The summed E-state index contributed by atoms with van der Waals surface area (Å²) in [5.74, 6) is 0. The first-order valence-electron chi connectivity index (χ1n) is 25.1. The van der Waals surface area contributed by atoms with Gasteiger partial charge < -0.3 is 0 Å². The predicted molar refractivity (Wildman–Crippen MR) is 312 cm³/mol. The molecule has 0 radical (unpaired) electrons. The van der Waals surface area contributed by atoms with E-state index in [1.54, 1.807) is 0 Å². The predicted octanol–water partition coefficient (Wildman–Crippen LogP) is 20.1. The molecule has 0 spiro atoms. The van der Waals surface area contributed by atoms with Crippen molar-refractivity contribution in [3.05, 3.63) is 125 Å². The summed E-state index contributed by atoms with van der Waals surface area (Å²) in [6.45, 7) is 28.0.